The fraction of sp³-hybridized carbons (Fsp3) is 0.846. The SMILES string of the molecule is CC1(C(=O)O)CCN(C(=O)NN2CCCCC2)CC1. The smallest absolute Gasteiger partial charge is 0.331 e. The number of carboxylic acid groups (broad SMARTS) is 1. The molecule has 0 bridgehead atoms. The standard InChI is InChI=1S/C13H23N3O3/c1-13(11(17)18)5-9-15(10-6-13)12(19)14-16-7-3-2-4-8-16/h2-10H2,1H3,(H,14,19)(H,17,18). The van der Waals surface area contributed by atoms with Crippen LogP contribution in [0.25, 0.3) is 0 Å². The van der Waals surface area contributed by atoms with Crippen LogP contribution in [0.5, 0.6) is 0 Å². The van der Waals surface area contributed by atoms with E-state index in [2.05, 4.69) is 5.43 Å². The second kappa shape index (κ2) is 5.77. The second-order valence-corrected chi connectivity index (χ2v) is 5.82. The molecule has 0 radical (unpaired) electrons. The highest BCUT2D eigenvalue weighted by molar-refractivity contribution is 5.76. The van der Waals surface area contributed by atoms with Crippen LogP contribution in [0.3, 0.4) is 0 Å². The average molecular weight is 269 g/mol. The molecular weight excluding hydrogens is 246 g/mol. The van der Waals surface area contributed by atoms with Crippen molar-refractivity contribution in [1.82, 2.24) is 15.3 Å². The predicted octanol–water partition coefficient (Wildman–Crippen LogP) is 1.28. The highest BCUT2D eigenvalue weighted by atomic mass is 16.4. The summed E-state index contributed by atoms with van der Waals surface area (Å²) in [5, 5.41) is 11.1. The number of amides is 2. The van der Waals surface area contributed by atoms with Crippen molar-refractivity contribution in [3.8, 4) is 0 Å². The maximum Gasteiger partial charge on any atom is 0.331 e. The van der Waals surface area contributed by atoms with Gasteiger partial charge in [-0.3, -0.25) is 10.2 Å². The van der Waals surface area contributed by atoms with E-state index in [1.54, 1.807) is 11.8 Å². The van der Waals surface area contributed by atoms with E-state index in [1.807, 2.05) is 5.01 Å². The van der Waals surface area contributed by atoms with Crippen molar-refractivity contribution in [1.29, 1.82) is 0 Å². The van der Waals surface area contributed by atoms with Gasteiger partial charge in [-0.2, -0.15) is 0 Å². The maximum atomic E-state index is 12.1. The summed E-state index contributed by atoms with van der Waals surface area (Å²) in [6.07, 6.45) is 4.52. The molecule has 0 aromatic heterocycles. The van der Waals surface area contributed by atoms with Crippen molar-refractivity contribution in [3.05, 3.63) is 0 Å². The van der Waals surface area contributed by atoms with Gasteiger partial charge in [-0.25, -0.2) is 9.80 Å². The van der Waals surface area contributed by atoms with Gasteiger partial charge < -0.3 is 10.0 Å². The molecule has 2 fully saturated rings. The number of carboxylic acids is 1. The number of piperidine rings is 2. The molecule has 2 rings (SSSR count). The molecular formula is C13H23N3O3. The Morgan fingerprint density at radius 1 is 1.05 bits per heavy atom. The molecule has 2 N–H and O–H groups in total. The van der Waals surface area contributed by atoms with E-state index in [1.165, 1.54) is 6.42 Å². The van der Waals surface area contributed by atoms with Gasteiger partial charge in [0.25, 0.3) is 0 Å². The highest BCUT2D eigenvalue weighted by Gasteiger charge is 2.38. The van der Waals surface area contributed by atoms with Crippen LogP contribution >= 0.6 is 0 Å². The van der Waals surface area contributed by atoms with Crippen molar-refractivity contribution < 1.29 is 14.7 Å². The van der Waals surface area contributed by atoms with Crippen LogP contribution < -0.4 is 5.43 Å². The van der Waals surface area contributed by atoms with E-state index < -0.39 is 11.4 Å². The average Bonchev–Trinajstić information content (AvgIpc) is 2.40. The Kier molecular flexibility index (Phi) is 4.29. The molecule has 0 atom stereocenters. The number of hydrogen-bond donors (Lipinski definition) is 2. The highest BCUT2D eigenvalue weighted by Crippen LogP contribution is 2.30. The molecule has 0 saturated carbocycles. The molecule has 2 aliphatic rings. The number of carbonyl (C=O) groups excluding carboxylic acids is 1. The van der Waals surface area contributed by atoms with Crippen LogP contribution in [0.2, 0.25) is 0 Å². The van der Waals surface area contributed by atoms with Crippen LogP contribution in [0.4, 0.5) is 4.79 Å². The number of nitrogens with zero attached hydrogens (tertiary/aromatic N) is 2. The minimum absolute atomic E-state index is 0.0886. The number of likely N-dealkylation sites (tertiary alicyclic amines) is 1. The third-order valence-corrected chi connectivity index (χ3v) is 4.28. The summed E-state index contributed by atoms with van der Waals surface area (Å²) < 4.78 is 0. The van der Waals surface area contributed by atoms with Gasteiger partial charge in [0.2, 0.25) is 0 Å². The van der Waals surface area contributed by atoms with E-state index >= 15 is 0 Å². The van der Waals surface area contributed by atoms with Crippen molar-refractivity contribution in [2.45, 2.75) is 39.0 Å². The first-order valence-electron chi connectivity index (χ1n) is 7.05. The van der Waals surface area contributed by atoms with Gasteiger partial charge in [0.1, 0.15) is 0 Å². The van der Waals surface area contributed by atoms with Gasteiger partial charge in [-0.15, -0.1) is 0 Å². The summed E-state index contributed by atoms with van der Waals surface area (Å²) in [6.45, 7) is 4.61. The molecule has 0 aliphatic carbocycles. The van der Waals surface area contributed by atoms with E-state index in [0.717, 1.165) is 25.9 Å². The molecule has 2 saturated heterocycles. The third kappa shape index (κ3) is 3.37. The first kappa shape index (κ1) is 14.1. The summed E-state index contributed by atoms with van der Waals surface area (Å²) in [5.74, 6) is -0.761. The molecule has 0 aromatic rings. The Morgan fingerprint density at radius 2 is 1.63 bits per heavy atom. The molecule has 0 spiro atoms. The lowest BCUT2D eigenvalue weighted by atomic mass is 9.80. The Bertz CT molecular complexity index is 345. The second-order valence-electron chi connectivity index (χ2n) is 5.82. The summed E-state index contributed by atoms with van der Waals surface area (Å²) in [7, 11) is 0. The first-order chi connectivity index (χ1) is 9.01. The zero-order valence-corrected chi connectivity index (χ0v) is 11.5. The van der Waals surface area contributed by atoms with E-state index in [9.17, 15) is 9.59 Å². The van der Waals surface area contributed by atoms with E-state index in [-0.39, 0.29) is 6.03 Å². The van der Waals surface area contributed by atoms with Gasteiger partial charge in [-0.05, 0) is 32.6 Å². The van der Waals surface area contributed by atoms with Crippen molar-refractivity contribution >= 4 is 12.0 Å². The van der Waals surface area contributed by atoms with Crippen LogP contribution in [0.15, 0.2) is 0 Å². The van der Waals surface area contributed by atoms with Crippen LogP contribution in [0, 0.1) is 5.41 Å². The predicted molar refractivity (Wildman–Crippen MR) is 70.5 cm³/mol. The van der Waals surface area contributed by atoms with Gasteiger partial charge in [0.05, 0.1) is 5.41 Å². The Labute approximate surface area is 113 Å². The van der Waals surface area contributed by atoms with E-state index in [4.69, 9.17) is 5.11 Å². The van der Waals surface area contributed by atoms with Gasteiger partial charge in [-0.1, -0.05) is 6.42 Å². The fourth-order valence-electron chi connectivity index (χ4n) is 2.63. The van der Waals surface area contributed by atoms with Gasteiger partial charge in [0, 0.05) is 26.2 Å². The summed E-state index contributed by atoms with van der Waals surface area (Å²) in [6, 6.07) is -0.0886. The lowest BCUT2D eigenvalue weighted by Gasteiger charge is -2.37. The topological polar surface area (TPSA) is 72.9 Å². The molecule has 2 amide bonds. The third-order valence-electron chi connectivity index (χ3n) is 4.28. The molecule has 19 heavy (non-hydrogen) atoms. The van der Waals surface area contributed by atoms with Crippen LogP contribution in [-0.4, -0.2) is 53.2 Å². The lowest BCUT2D eigenvalue weighted by molar-refractivity contribution is -0.150. The maximum absolute atomic E-state index is 12.1. The van der Waals surface area contributed by atoms with Gasteiger partial charge >= 0.3 is 12.0 Å². The largest absolute Gasteiger partial charge is 0.481 e. The van der Waals surface area contributed by atoms with Crippen LogP contribution in [-0.2, 0) is 4.79 Å². The molecule has 0 unspecified atom stereocenters. The van der Waals surface area contributed by atoms with Crippen molar-refractivity contribution in [3.63, 3.8) is 0 Å². The van der Waals surface area contributed by atoms with Crippen molar-refractivity contribution in [2.75, 3.05) is 26.2 Å². The number of aliphatic carboxylic acids is 1. The van der Waals surface area contributed by atoms with Crippen LogP contribution in [0.1, 0.15) is 39.0 Å². The summed E-state index contributed by atoms with van der Waals surface area (Å²) in [4.78, 5) is 24.9. The first-order valence-corrected chi connectivity index (χ1v) is 7.05. The zero-order valence-electron chi connectivity index (χ0n) is 11.5. The Hall–Kier alpha value is -1.30. The summed E-state index contributed by atoms with van der Waals surface area (Å²) in [5.41, 5.74) is 2.24. The van der Waals surface area contributed by atoms with E-state index in [0.29, 0.717) is 25.9 Å². The molecule has 6 heteroatoms. The molecule has 2 aliphatic heterocycles. The quantitative estimate of drug-likeness (QED) is 0.792. The monoisotopic (exact) mass is 269 g/mol. The number of urea groups is 1. The number of rotatable bonds is 2. The molecule has 108 valence electrons. The summed E-state index contributed by atoms with van der Waals surface area (Å²) >= 11 is 0. The number of hydrogen-bond acceptors (Lipinski definition) is 3. The minimum atomic E-state index is -0.761. The lowest BCUT2D eigenvalue weighted by Crippen LogP contribution is -2.54. The molecule has 6 nitrogen and oxygen atoms in total. The number of hydrazine groups is 1. The Balaban J connectivity index is 1.80. The minimum Gasteiger partial charge on any atom is -0.481 e. The molecule has 0 aromatic carbocycles. The number of carbonyl (C=O) groups is 2. The Morgan fingerprint density at radius 3 is 2.16 bits per heavy atom. The van der Waals surface area contributed by atoms with Crippen molar-refractivity contribution in [2.24, 2.45) is 5.41 Å². The van der Waals surface area contributed by atoms with Gasteiger partial charge in [0.15, 0.2) is 0 Å². The number of nitrogens with one attached hydrogen (secondary N) is 1. The fourth-order valence-corrected chi connectivity index (χ4v) is 2.63. The normalized spacial score (nSPS) is 23.9. The molecule has 2 heterocycles. The zero-order chi connectivity index (χ0) is 13.9.